The maximum Gasteiger partial charge on any atom is 0.225 e. The fraction of sp³-hybridized carbons (Fsp3) is 0.692. The van der Waals surface area contributed by atoms with Crippen molar-refractivity contribution in [2.45, 2.75) is 32.6 Å². The molecule has 18 heavy (non-hydrogen) atoms. The van der Waals surface area contributed by atoms with Gasteiger partial charge in [0.05, 0.1) is 6.61 Å². The second-order valence-corrected chi connectivity index (χ2v) is 5.14. The van der Waals surface area contributed by atoms with Gasteiger partial charge in [0, 0.05) is 11.8 Å². The maximum absolute atomic E-state index is 5.78. The Labute approximate surface area is 113 Å². The highest BCUT2D eigenvalue weighted by Crippen LogP contribution is 2.18. The Balaban J connectivity index is 1.68. The lowest BCUT2D eigenvalue weighted by Gasteiger charge is -2.22. The van der Waals surface area contributed by atoms with Gasteiger partial charge < -0.3 is 10.1 Å². The zero-order chi connectivity index (χ0) is 12.8. The van der Waals surface area contributed by atoms with Gasteiger partial charge in [-0.05, 0) is 63.2 Å². The Bertz CT molecular complexity index is 360. The molecule has 0 unspecified atom stereocenters. The lowest BCUT2D eigenvalue weighted by Crippen LogP contribution is -2.27. The summed E-state index contributed by atoms with van der Waals surface area (Å²) in [6.07, 6.45) is 4.89. The van der Waals surface area contributed by atoms with Crippen molar-refractivity contribution in [3.8, 4) is 5.88 Å². The fourth-order valence-electron chi connectivity index (χ4n) is 2.30. The Morgan fingerprint density at radius 1 is 1.39 bits per heavy atom. The largest absolute Gasteiger partial charge is 0.478 e. The topological polar surface area (TPSA) is 47.0 Å². The Morgan fingerprint density at radius 2 is 2.17 bits per heavy atom. The third-order valence-corrected chi connectivity index (χ3v) is 3.44. The van der Waals surface area contributed by atoms with E-state index < -0.39 is 0 Å². The molecule has 0 saturated carbocycles. The number of aromatic nitrogens is 2. The van der Waals surface area contributed by atoms with E-state index in [1.165, 1.54) is 19.3 Å². The first-order valence-corrected chi connectivity index (χ1v) is 6.96. The van der Waals surface area contributed by atoms with Crippen LogP contribution in [0.25, 0.3) is 0 Å². The van der Waals surface area contributed by atoms with E-state index in [1.807, 2.05) is 13.0 Å². The molecule has 0 spiro atoms. The van der Waals surface area contributed by atoms with Crippen molar-refractivity contribution in [2.75, 3.05) is 19.7 Å². The zero-order valence-electron chi connectivity index (χ0n) is 10.8. The molecule has 2 rings (SSSR count). The highest BCUT2D eigenvalue weighted by molar-refractivity contribution is 6.28. The number of hydrogen-bond donors (Lipinski definition) is 1. The third kappa shape index (κ3) is 4.42. The van der Waals surface area contributed by atoms with E-state index in [-0.39, 0.29) is 5.28 Å². The van der Waals surface area contributed by atoms with E-state index in [0.29, 0.717) is 12.5 Å². The highest BCUT2D eigenvalue weighted by atomic mass is 35.5. The van der Waals surface area contributed by atoms with Crippen molar-refractivity contribution in [2.24, 2.45) is 5.92 Å². The standard InChI is InChI=1S/C13H20ClN3O/c1-10-9-12(17-13(14)16-10)18-8-2-3-11-4-6-15-7-5-11/h9,11,15H,2-8H2,1H3. The summed E-state index contributed by atoms with van der Waals surface area (Å²) in [4.78, 5) is 8.04. The minimum Gasteiger partial charge on any atom is -0.478 e. The highest BCUT2D eigenvalue weighted by Gasteiger charge is 2.12. The first-order valence-electron chi connectivity index (χ1n) is 6.59. The molecule has 1 aromatic heterocycles. The van der Waals surface area contributed by atoms with Crippen molar-refractivity contribution in [3.63, 3.8) is 0 Å². The van der Waals surface area contributed by atoms with Crippen LogP contribution in [0, 0.1) is 12.8 Å². The second-order valence-electron chi connectivity index (χ2n) is 4.80. The van der Waals surface area contributed by atoms with Gasteiger partial charge >= 0.3 is 0 Å². The van der Waals surface area contributed by atoms with E-state index in [1.54, 1.807) is 0 Å². The summed E-state index contributed by atoms with van der Waals surface area (Å²) >= 11 is 5.78. The Hall–Kier alpha value is -0.870. The number of rotatable bonds is 5. The first-order chi connectivity index (χ1) is 8.74. The number of nitrogens with one attached hydrogen (secondary N) is 1. The number of piperidine rings is 1. The molecule has 1 N–H and O–H groups in total. The van der Waals surface area contributed by atoms with E-state index in [4.69, 9.17) is 16.3 Å². The summed E-state index contributed by atoms with van der Waals surface area (Å²) in [5, 5.41) is 3.63. The summed E-state index contributed by atoms with van der Waals surface area (Å²) in [7, 11) is 0. The zero-order valence-corrected chi connectivity index (χ0v) is 11.5. The summed E-state index contributed by atoms with van der Waals surface area (Å²) < 4.78 is 5.61. The van der Waals surface area contributed by atoms with Gasteiger partial charge in [0.1, 0.15) is 0 Å². The smallest absolute Gasteiger partial charge is 0.225 e. The van der Waals surface area contributed by atoms with Crippen molar-refractivity contribution >= 4 is 11.6 Å². The van der Waals surface area contributed by atoms with Gasteiger partial charge in [0.2, 0.25) is 11.2 Å². The van der Waals surface area contributed by atoms with Gasteiger partial charge in [-0.15, -0.1) is 0 Å². The molecular weight excluding hydrogens is 250 g/mol. The number of aryl methyl sites for hydroxylation is 1. The molecule has 1 saturated heterocycles. The molecule has 2 heterocycles. The second kappa shape index (κ2) is 6.90. The van der Waals surface area contributed by atoms with Crippen LogP contribution in [-0.4, -0.2) is 29.7 Å². The number of halogens is 1. The van der Waals surface area contributed by atoms with Crippen LogP contribution in [-0.2, 0) is 0 Å². The average molecular weight is 270 g/mol. The Kier molecular flexibility index (Phi) is 5.20. The molecule has 0 bridgehead atoms. The normalized spacial score (nSPS) is 16.8. The SMILES string of the molecule is Cc1cc(OCCCC2CCNCC2)nc(Cl)n1. The van der Waals surface area contributed by atoms with Crippen molar-refractivity contribution in [1.82, 2.24) is 15.3 Å². The third-order valence-electron chi connectivity index (χ3n) is 3.27. The molecule has 1 aliphatic rings. The van der Waals surface area contributed by atoms with Crippen LogP contribution >= 0.6 is 11.6 Å². The van der Waals surface area contributed by atoms with Crippen molar-refractivity contribution in [1.29, 1.82) is 0 Å². The van der Waals surface area contributed by atoms with Gasteiger partial charge in [-0.1, -0.05) is 0 Å². The molecular formula is C13H20ClN3O. The van der Waals surface area contributed by atoms with Gasteiger partial charge in [-0.2, -0.15) is 4.98 Å². The lowest BCUT2D eigenvalue weighted by molar-refractivity contribution is 0.266. The van der Waals surface area contributed by atoms with Crippen LogP contribution < -0.4 is 10.1 Å². The minimum absolute atomic E-state index is 0.253. The number of ether oxygens (including phenoxy) is 1. The van der Waals surface area contributed by atoms with Crippen molar-refractivity contribution in [3.05, 3.63) is 17.0 Å². The Morgan fingerprint density at radius 3 is 2.89 bits per heavy atom. The van der Waals surface area contributed by atoms with Gasteiger partial charge in [-0.25, -0.2) is 4.98 Å². The lowest BCUT2D eigenvalue weighted by atomic mass is 9.93. The van der Waals surface area contributed by atoms with Crippen LogP contribution in [0.5, 0.6) is 5.88 Å². The predicted molar refractivity (Wildman–Crippen MR) is 72.1 cm³/mol. The average Bonchev–Trinajstić information content (AvgIpc) is 2.35. The van der Waals surface area contributed by atoms with Crippen molar-refractivity contribution < 1.29 is 4.74 Å². The molecule has 0 aliphatic carbocycles. The molecule has 0 amide bonds. The molecule has 4 nitrogen and oxygen atoms in total. The maximum atomic E-state index is 5.78. The summed E-state index contributed by atoms with van der Waals surface area (Å²) in [5.41, 5.74) is 0.836. The first kappa shape index (κ1) is 13.6. The number of hydrogen-bond acceptors (Lipinski definition) is 4. The molecule has 5 heteroatoms. The van der Waals surface area contributed by atoms with E-state index in [0.717, 1.165) is 31.1 Å². The summed E-state index contributed by atoms with van der Waals surface area (Å²) in [6.45, 7) is 4.91. The van der Waals surface area contributed by atoms with Gasteiger partial charge in [0.15, 0.2) is 0 Å². The van der Waals surface area contributed by atoms with Crippen LogP contribution in [0.2, 0.25) is 5.28 Å². The van der Waals surface area contributed by atoms with E-state index in [2.05, 4.69) is 15.3 Å². The molecule has 0 atom stereocenters. The van der Waals surface area contributed by atoms with Gasteiger partial charge in [-0.3, -0.25) is 0 Å². The summed E-state index contributed by atoms with van der Waals surface area (Å²) in [5.74, 6) is 1.43. The van der Waals surface area contributed by atoms with Crippen LogP contribution in [0.1, 0.15) is 31.4 Å². The van der Waals surface area contributed by atoms with E-state index >= 15 is 0 Å². The molecule has 100 valence electrons. The molecule has 1 fully saturated rings. The van der Waals surface area contributed by atoms with Crippen LogP contribution in [0.3, 0.4) is 0 Å². The number of nitrogens with zero attached hydrogens (tertiary/aromatic N) is 2. The van der Waals surface area contributed by atoms with Crippen LogP contribution in [0.15, 0.2) is 6.07 Å². The summed E-state index contributed by atoms with van der Waals surface area (Å²) in [6, 6.07) is 1.82. The quantitative estimate of drug-likeness (QED) is 0.659. The molecule has 0 aromatic carbocycles. The van der Waals surface area contributed by atoms with E-state index in [9.17, 15) is 0 Å². The minimum atomic E-state index is 0.253. The fourth-order valence-corrected chi connectivity index (χ4v) is 2.51. The monoisotopic (exact) mass is 269 g/mol. The predicted octanol–water partition coefficient (Wildman–Crippen LogP) is 2.60. The van der Waals surface area contributed by atoms with Crippen LogP contribution in [0.4, 0.5) is 0 Å². The molecule has 0 radical (unpaired) electrons. The molecule has 1 aliphatic heterocycles. The van der Waals surface area contributed by atoms with Gasteiger partial charge in [0.25, 0.3) is 0 Å². The molecule has 1 aromatic rings.